The van der Waals surface area contributed by atoms with Crippen LogP contribution in [0.2, 0.25) is 0 Å². The lowest BCUT2D eigenvalue weighted by Gasteiger charge is -2.14. The molecule has 0 aliphatic rings. The summed E-state index contributed by atoms with van der Waals surface area (Å²) in [7, 11) is 1.84. The van der Waals surface area contributed by atoms with Gasteiger partial charge in [-0.2, -0.15) is 5.10 Å². The Morgan fingerprint density at radius 1 is 1.39 bits per heavy atom. The fraction of sp³-hybridized carbons (Fsp3) is 0.375. The highest BCUT2D eigenvalue weighted by molar-refractivity contribution is 5.96. The van der Waals surface area contributed by atoms with Crippen LogP contribution < -0.4 is 5.32 Å². The van der Waals surface area contributed by atoms with Crippen molar-refractivity contribution in [3.63, 3.8) is 0 Å². The maximum Gasteiger partial charge on any atom is 0.255 e. The Hall–Kier alpha value is -2.70. The minimum absolute atomic E-state index is 0.120. The monoisotopic (exact) mass is 312 g/mol. The van der Waals surface area contributed by atoms with Crippen LogP contribution in [0, 0.1) is 13.8 Å². The third kappa shape index (κ3) is 2.69. The highest BCUT2D eigenvalue weighted by Gasteiger charge is 2.22. The molecule has 0 saturated heterocycles. The molecule has 3 heterocycles. The van der Waals surface area contributed by atoms with Crippen LogP contribution in [0.4, 0.5) is 0 Å². The van der Waals surface area contributed by atoms with Crippen LogP contribution >= 0.6 is 0 Å². The molecule has 0 radical (unpaired) electrons. The van der Waals surface area contributed by atoms with Gasteiger partial charge in [0.1, 0.15) is 0 Å². The lowest BCUT2D eigenvalue weighted by molar-refractivity contribution is 0.0933. The summed E-state index contributed by atoms with van der Waals surface area (Å²) < 4.78 is 3.57. The van der Waals surface area contributed by atoms with Crippen LogP contribution in [0.1, 0.15) is 46.8 Å². The number of amides is 1. The maximum absolute atomic E-state index is 12.6. The summed E-state index contributed by atoms with van der Waals surface area (Å²) in [5.74, 6) is 0.508. The Balaban J connectivity index is 1.88. The molecule has 1 atom stereocenters. The second-order valence-corrected chi connectivity index (χ2v) is 5.60. The number of hydrogen-bond donors (Lipinski definition) is 1. The van der Waals surface area contributed by atoms with Gasteiger partial charge in [0.05, 0.1) is 23.0 Å². The number of nitrogens with one attached hydrogen (secondary N) is 1. The summed E-state index contributed by atoms with van der Waals surface area (Å²) in [6, 6.07) is 1.68. The van der Waals surface area contributed by atoms with Crippen molar-refractivity contribution < 1.29 is 4.79 Å². The first-order chi connectivity index (χ1) is 11.0. The van der Waals surface area contributed by atoms with Crippen molar-refractivity contribution >= 4 is 11.7 Å². The molecule has 0 unspecified atom stereocenters. The van der Waals surface area contributed by atoms with E-state index in [1.165, 1.54) is 0 Å². The van der Waals surface area contributed by atoms with Crippen molar-refractivity contribution in [2.24, 2.45) is 7.05 Å². The molecule has 3 rings (SSSR count). The highest BCUT2D eigenvalue weighted by Crippen LogP contribution is 2.18. The molecule has 0 saturated carbocycles. The second-order valence-electron chi connectivity index (χ2n) is 5.60. The van der Waals surface area contributed by atoms with Crippen molar-refractivity contribution in [2.45, 2.75) is 33.2 Å². The molecule has 3 aromatic heterocycles. The van der Waals surface area contributed by atoms with Crippen molar-refractivity contribution in [3.8, 4) is 0 Å². The molecular formula is C16H20N6O. The maximum atomic E-state index is 12.6. The smallest absolute Gasteiger partial charge is 0.255 e. The lowest BCUT2D eigenvalue weighted by Crippen LogP contribution is -2.29. The number of rotatable bonds is 4. The molecule has 0 fully saturated rings. The zero-order valence-electron chi connectivity index (χ0n) is 13.7. The Morgan fingerprint density at radius 3 is 2.78 bits per heavy atom. The van der Waals surface area contributed by atoms with E-state index in [0.717, 1.165) is 23.5 Å². The summed E-state index contributed by atoms with van der Waals surface area (Å²) in [4.78, 5) is 21.4. The third-order valence-corrected chi connectivity index (χ3v) is 4.06. The fourth-order valence-corrected chi connectivity index (χ4v) is 2.73. The Bertz CT molecular complexity index is 830. The van der Waals surface area contributed by atoms with Gasteiger partial charge >= 0.3 is 0 Å². The molecule has 0 aliphatic carbocycles. The summed E-state index contributed by atoms with van der Waals surface area (Å²) in [5, 5.41) is 7.36. The Labute approximate surface area is 134 Å². The van der Waals surface area contributed by atoms with Gasteiger partial charge < -0.3 is 5.32 Å². The zero-order chi connectivity index (χ0) is 16.6. The molecule has 3 aromatic rings. The molecule has 0 aliphatic heterocycles. The number of hydrogen-bond acceptors (Lipinski definition) is 4. The van der Waals surface area contributed by atoms with E-state index in [-0.39, 0.29) is 11.9 Å². The molecule has 1 N–H and O–H groups in total. The van der Waals surface area contributed by atoms with Crippen LogP contribution in [-0.2, 0) is 7.05 Å². The van der Waals surface area contributed by atoms with E-state index < -0.39 is 0 Å². The predicted octanol–water partition coefficient (Wildman–Crippen LogP) is 1.96. The molecular weight excluding hydrogens is 292 g/mol. The van der Waals surface area contributed by atoms with Crippen LogP contribution in [-0.4, -0.2) is 30.1 Å². The fourth-order valence-electron chi connectivity index (χ4n) is 2.73. The molecule has 120 valence electrons. The van der Waals surface area contributed by atoms with Crippen molar-refractivity contribution in [1.29, 1.82) is 0 Å². The van der Waals surface area contributed by atoms with Gasteiger partial charge in [-0.15, -0.1) is 0 Å². The topological polar surface area (TPSA) is 77.1 Å². The third-order valence-electron chi connectivity index (χ3n) is 4.06. The van der Waals surface area contributed by atoms with Gasteiger partial charge in [-0.3, -0.25) is 13.9 Å². The number of nitrogens with zero attached hydrogens (tertiary/aromatic N) is 5. The van der Waals surface area contributed by atoms with Crippen LogP contribution in [0.5, 0.6) is 0 Å². The van der Waals surface area contributed by atoms with Crippen LogP contribution in [0.15, 0.2) is 24.7 Å². The lowest BCUT2D eigenvalue weighted by atomic mass is 10.1. The molecule has 0 spiro atoms. The molecule has 0 bridgehead atoms. The van der Waals surface area contributed by atoms with Gasteiger partial charge in [0.25, 0.3) is 5.91 Å². The van der Waals surface area contributed by atoms with E-state index in [2.05, 4.69) is 20.4 Å². The van der Waals surface area contributed by atoms with Crippen molar-refractivity contribution in [2.75, 3.05) is 0 Å². The van der Waals surface area contributed by atoms with Crippen molar-refractivity contribution in [1.82, 2.24) is 29.5 Å². The minimum atomic E-state index is -0.164. The van der Waals surface area contributed by atoms with Gasteiger partial charge in [-0.05, 0) is 26.3 Å². The van der Waals surface area contributed by atoms with Crippen molar-refractivity contribution in [3.05, 3.63) is 47.3 Å². The average Bonchev–Trinajstić information content (AvgIpc) is 3.06. The number of carbonyl (C=O) groups is 1. The number of fused-ring (bicyclic) bond motifs is 1. The van der Waals surface area contributed by atoms with E-state index in [1.807, 2.05) is 50.7 Å². The minimum Gasteiger partial charge on any atom is -0.343 e. The second kappa shape index (κ2) is 5.83. The summed E-state index contributed by atoms with van der Waals surface area (Å²) in [6.45, 7) is 5.76. The first kappa shape index (κ1) is 15.2. The standard InChI is InChI=1S/C16H20N6O/c1-5-12(13-9-22-8-6-7-17-16(22)19-13)18-15(23)14-10(2)20-21(4)11(14)3/h6-9,12H,5H2,1-4H3,(H,18,23)/t12-/m0/s1. The largest absolute Gasteiger partial charge is 0.343 e. The Kier molecular flexibility index (Phi) is 3.85. The average molecular weight is 312 g/mol. The van der Waals surface area contributed by atoms with Gasteiger partial charge in [0.15, 0.2) is 0 Å². The first-order valence-corrected chi connectivity index (χ1v) is 7.62. The highest BCUT2D eigenvalue weighted by atomic mass is 16.1. The van der Waals surface area contributed by atoms with Gasteiger partial charge in [-0.25, -0.2) is 9.97 Å². The number of carbonyl (C=O) groups excluding carboxylic acids is 1. The molecule has 23 heavy (non-hydrogen) atoms. The van der Waals surface area contributed by atoms with Crippen LogP contribution in [0.3, 0.4) is 0 Å². The molecule has 7 heteroatoms. The van der Waals surface area contributed by atoms with Crippen LogP contribution in [0.25, 0.3) is 5.78 Å². The normalized spacial score (nSPS) is 12.5. The summed E-state index contributed by atoms with van der Waals surface area (Å²) >= 11 is 0. The summed E-state index contributed by atoms with van der Waals surface area (Å²) in [6.07, 6.45) is 6.24. The van der Waals surface area contributed by atoms with Gasteiger partial charge in [0, 0.05) is 31.3 Å². The van der Waals surface area contributed by atoms with E-state index in [9.17, 15) is 4.79 Å². The van der Waals surface area contributed by atoms with E-state index >= 15 is 0 Å². The number of aromatic nitrogens is 5. The Morgan fingerprint density at radius 2 is 2.17 bits per heavy atom. The van der Waals surface area contributed by atoms with E-state index in [0.29, 0.717) is 11.3 Å². The summed E-state index contributed by atoms with van der Waals surface area (Å²) in [5.41, 5.74) is 3.02. The molecule has 1 amide bonds. The number of imidazole rings is 1. The molecule has 0 aromatic carbocycles. The van der Waals surface area contributed by atoms with Gasteiger partial charge in [0.2, 0.25) is 5.78 Å². The van der Waals surface area contributed by atoms with E-state index in [4.69, 9.17) is 0 Å². The predicted molar refractivity (Wildman–Crippen MR) is 86.2 cm³/mol. The zero-order valence-corrected chi connectivity index (χ0v) is 13.7. The SMILES string of the molecule is CC[C@H](NC(=O)c1c(C)nn(C)c1C)c1cn2cccnc2n1. The van der Waals surface area contributed by atoms with Gasteiger partial charge in [-0.1, -0.05) is 6.92 Å². The number of aryl methyl sites for hydroxylation is 2. The van der Waals surface area contributed by atoms with E-state index in [1.54, 1.807) is 10.9 Å². The quantitative estimate of drug-likeness (QED) is 0.799. The first-order valence-electron chi connectivity index (χ1n) is 7.62. The molecule has 7 nitrogen and oxygen atoms in total.